The fourth-order valence-electron chi connectivity index (χ4n) is 7.34. The average molecular weight is 561 g/mol. The highest BCUT2D eigenvalue weighted by atomic mass is 16.3. The van der Waals surface area contributed by atoms with Crippen LogP contribution in [0.5, 0.6) is 0 Å². The van der Waals surface area contributed by atoms with E-state index in [4.69, 9.17) is 8.83 Å². The molecule has 2 heteroatoms. The van der Waals surface area contributed by atoms with Crippen LogP contribution >= 0.6 is 0 Å². The lowest BCUT2D eigenvalue weighted by atomic mass is 9.87. The molecule has 44 heavy (non-hydrogen) atoms. The first-order valence-electron chi connectivity index (χ1n) is 15.0. The van der Waals surface area contributed by atoms with Gasteiger partial charge in [-0.25, -0.2) is 0 Å². The Bertz CT molecular complexity index is 2590. The minimum absolute atomic E-state index is 0.909. The molecule has 0 aliphatic rings. The second-order valence-corrected chi connectivity index (χ2v) is 11.6. The second kappa shape index (κ2) is 8.82. The Kier molecular flexibility index (Phi) is 4.75. The predicted molar refractivity (Wildman–Crippen MR) is 184 cm³/mol. The van der Waals surface area contributed by atoms with E-state index >= 15 is 0 Å². The molecule has 0 unspecified atom stereocenters. The van der Waals surface area contributed by atoms with Crippen LogP contribution in [-0.4, -0.2) is 0 Å². The summed E-state index contributed by atoms with van der Waals surface area (Å²) < 4.78 is 13.1. The summed E-state index contributed by atoms with van der Waals surface area (Å²) in [5, 5.41) is 11.9. The van der Waals surface area contributed by atoms with Crippen molar-refractivity contribution in [2.45, 2.75) is 0 Å². The van der Waals surface area contributed by atoms with Gasteiger partial charge in [0.1, 0.15) is 22.3 Å². The van der Waals surface area contributed by atoms with E-state index in [0.29, 0.717) is 0 Å². The Labute approximate surface area is 252 Å². The van der Waals surface area contributed by atoms with Crippen LogP contribution in [0.4, 0.5) is 0 Å². The maximum atomic E-state index is 6.53. The summed E-state index contributed by atoms with van der Waals surface area (Å²) in [7, 11) is 0. The van der Waals surface area contributed by atoms with Crippen LogP contribution in [-0.2, 0) is 0 Å². The third-order valence-corrected chi connectivity index (χ3v) is 9.25. The maximum absolute atomic E-state index is 6.53. The molecule has 0 bridgehead atoms. The summed E-state index contributed by atoms with van der Waals surface area (Å²) in [6.07, 6.45) is 0. The first-order chi connectivity index (χ1) is 21.8. The summed E-state index contributed by atoms with van der Waals surface area (Å²) in [6.45, 7) is 0. The van der Waals surface area contributed by atoms with E-state index in [1.54, 1.807) is 0 Å². The molecule has 0 atom stereocenters. The predicted octanol–water partition coefficient (Wildman–Crippen LogP) is 12.3. The van der Waals surface area contributed by atoms with E-state index in [2.05, 4.69) is 133 Å². The Morgan fingerprint density at radius 3 is 1.16 bits per heavy atom. The van der Waals surface area contributed by atoms with Crippen molar-refractivity contribution >= 4 is 76.2 Å². The van der Waals surface area contributed by atoms with Crippen LogP contribution in [0.1, 0.15) is 0 Å². The fraction of sp³-hybridized carbons (Fsp3) is 0. The van der Waals surface area contributed by atoms with E-state index < -0.39 is 0 Å². The molecule has 0 spiro atoms. The summed E-state index contributed by atoms with van der Waals surface area (Å²) in [6, 6.07) is 51.8. The molecule has 0 amide bonds. The first-order valence-corrected chi connectivity index (χ1v) is 15.0. The molecule has 2 heterocycles. The van der Waals surface area contributed by atoms with Crippen LogP contribution in [0.25, 0.3) is 98.4 Å². The van der Waals surface area contributed by atoms with Gasteiger partial charge in [0.15, 0.2) is 0 Å². The van der Waals surface area contributed by atoms with E-state index in [1.807, 2.05) is 12.1 Å². The molecular weight excluding hydrogens is 536 g/mol. The number of fused-ring (bicyclic) bond motifs is 11. The monoisotopic (exact) mass is 560 g/mol. The van der Waals surface area contributed by atoms with Crippen LogP contribution in [0.15, 0.2) is 154 Å². The zero-order valence-electron chi connectivity index (χ0n) is 23.7. The van der Waals surface area contributed by atoms with Crippen LogP contribution in [0.3, 0.4) is 0 Å². The van der Waals surface area contributed by atoms with Crippen LogP contribution < -0.4 is 0 Å². The van der Waals surface area contributed by atoms with Gasteiger partial charge in [0.25, 0.3) is 0 Å². The molecule has 0 radical (unpaired) electrons. The van der Waals surface area contributed by atoms with Crippen molar-refractivity contribution in [3.63, 3.8) is 0 Å². The van der Waals surface area contributed by atoms with Gasteiger partial charge >= 0.3 is 0 Å². The highest BCUT2D eigenvalue weighted by Gasteiger charge is 2.19. The lowest BCUT2D eigenvalue weighted by molar-refractivity contribution is 0.669. The van der Waals surface area contributed by atoms with Crippen molar-refractivity contribution in [2.24, 2.45) is 0 Å². The van der Waals surface area contributed by atoms with Crippen LogP contribution in [0, 0.1) is 0 Å². The number of para-hydroxylation sites is 4. The lowest BCUT2D eigenvalue weighted by Gasteiger charge is -2.16. The van der Waals surface area contributed by atoms with Crippen molar-refractivity contribution in [2.75, 3.05) is 0 Å². The maximum Gasteiger partial charge on any atom is 0.143 e. The third-order valence-electron chi connectivity index (χ3n) is 9.25. The van der Waals surface area contributed by atoms with E-state index in [1.165, 1.54) is 43.4 Å². The number of furan rings is 2. The summed E-state index contributed by atoms with van der Waals surface area (Å²) >= 11 is 0. The Morgan fingerprint density at radius 2 is 0.682 bits per heavy atom. The smallest absolute Gasteiger partial charge is 0.143 e. The SMILES string of the molecule is c1ccc2c(c1)oc1c(-c3cc4cc(-c5cccc6c5oc5ccccc56)c5ccccc5c4c4ccccc34)cccc12. The van der Waals surface area contributed by atoms with Crippen molar-refractivity contribution in [1.82, 2.24) is 0 Å². The zero-order valence-corrected chi connectivity index (χ0v) is 23.7. The average Bonchev–Trinajstić information content (AvgIpc) is 3.66. The van der Waals surface area contributed by atoms with Gasteiger partial charge < -0.3 is 8.83 Å². The van der Waals surface area contributed by atoms with Gasteiger partial charge in [0.2, 0.25) is 0 Å². The fourth-order valence-corrected chi connectivity index (χ4v) is 7.34. The highest BCUT2D eigenvalue weighted by molar-refractivity contribution is 6.27. The van der Waals surface area contributed by atoms with Gasteiger partial charge in [0, 0.05) is 32.7 Å². The zero-order chi connectivity index (χ0) is 28.8. The molecular formula is C42H24O2. The topological polar surface area (TPSA) is 26.3 Å². The Hall–Kier alpha value is -5.86. The van der Waals surface area contributed by atoms with Crippen molar-refractivity contribution < 1.29 is 8.83 Å². The Morgan fingerprint density at radius 1 is 0.295 bits per heavy atom. The minimum Gasteiger partial charge on any atom is -0.455 e. The highest BCUT2D eigenvalue weighted by Crippen LogP contribution is 2.46. The second-order valence-electron chi connectivity index (χ2n) is 11.6. The Balaban J connectivity index is 1.35. The van der Waals surface area contributed by atoms with Crippen molar-refractivity contribution in [1.29, 1.82) is 0 Å². The molecule has 0 aliphatic heterocycles. The summed E-state index contributed by atoms with van der Waals surface area (Å²) in [4.78, 5) is 0. The van der Waals surface area contributed by atoms with Gasteiger partial charge in [-0.2, -0.15) is 0 Å². The standard InChI is InChI=1S/C42H24O2/c1-3-15-30-26(11-1)36(34-19-9-17-32-28-13-5-7-21-38(28)43-41(32)34)23-25-24-37(27-12-2-4-16-31(27)40(25)30)35-20-10-18-33-29-14-6-8-22-39(29)44-42(33)35/h1-24H. The molecule has 10 rings (SSSR count). The molecule has 10 aromatic rings. The number of benzene rings is 8. The molecule has 2 aromatic heterocycles. The molecule has 0 saturated carbocycles. The molecule has 0 fully saturated rings. The number of rotatable bonds is 2. The van der Waals surface area contributed by atoms with Gasteiger partial charge in [-0.3, -0.25) is 0 Å². The van der Waals surface area contributed by atoms with E-state index in [0.717, 1.165) is 55.0 Å². The van der Waals surface area contributed by atoms with Crippen molar-refractivity contribution in [3.05, 3.63) is 146 Å². The molecule has 0 aliphatic carbocycles. The van der Waals surface area contributed by atoms with Gasteiger partial charge in [-0.15, -0.1) is 0 Å². The van der Waals surface area contributed by atoms with Gasteiger partial charge in [-0.05, 0) is 67.7 Å². The molecule has 204 valence electrons. The van der Waals surface area contributed by atoms with Crippen molar-refractivity contribution in [3.8, 4) is 22.3 Å². The molecule has 2 nitrogen and oxygen atoms in total. The van der Waals surface area contributed by atoms with E-state index in [-0.39, 0.29) is 0 Å². The summed E-state index contributed by atoms with van der Waals surface area (Å²) in [5.74, 6) is 0. The van der Waals surface area contributed by atoms with Gasteiger partial charge in [-0.1, -0.05) is 121 Å². The molecule has 8 aromatic carbocycles. The van der Waals surface area contributed by atoms with Gasteiger partial charge in [0.05, 0.1) is 0 Å². The summed E-state index contributed by atoms with van der Waals surface area (Å²) in [5.41, 5.74) is 8.20. The quantitative estimate of drug-likeness (QED) is 0.197. The lowest BCUT2D eigenvalue weighted by Crippen LogP contribution is -1.89. The first kappa shape index (κ1) is 23.7. The third kappa shape index (κ3) is 3.20. The molecule has 0 N–H and O–H groups in total. The van der Waals surface area contributed by atoms with Crippen LogP contribution in [0.2, 0.25) is 0 Å². The molecule has 0 saturated heterocycles. The number of hydrogen-bond acceptors (Lipinski definition) is 2. The number of hydrogen-bond donors (Lipinski definition) is 0. The largest absolute Gasteiger partial charge is 0.455 e. The normalized spacial score (nSPS) is 12.1. The minimum atomic E-state index is 0.909. The van der Waals surface area contributed by atoms with E-state index in [9.17, 15) is 0 Å².